The molecule has 112 valence electrons. The Hall–Kier alpha value is -1.82. The fraction of sp³-hybridized carbons (Fsp3) is 0.333. The quantitative estimate of drug-likeness (QED) is 0.794. The molecule has 0 aliphatic carbocycles. The molecule has 0 fully saturated rings. The Labute approximate surface area is 132 Å². The molecule has 2 aromatic rings. The van der Waals surface area contributed by atoms with Crippen LogP contribution in [0.3, 0.4) is 0 Å². The lowest BCUT2D eigenvalue weighted by Crippen LogP contribution is -2.21. The maximum atomic E-state index is 11.9. The number of esters is 1. The van der Waals surface area contributed by atoms with E-state index in [4.69, 9.17) is 4.74 Å². The van der Waals surface area contributed by atoms with Crippen LogP contribution < -0.4 is 4.90 Å². The third-order valence-corrected chi connectivity index (χ3v) is 4.40. The zero-order valence-electron chi connectivity index (χ0n) is 12.6. The van der Waals surface area contributed by atoms with Gasteiger partial charge in [-0.05, 0) is 35.0 Å². The van der Waals surface area contributed by atoms with E-state index in [1.165, 1.54) is 7.11 Å². The third-order valence-electron chi connectivity index (χ3n) is 3.37. The van der Waals surface area contributed by atoms with Gasteiger partial charge in [0.1, 0.15) is 0 Å². The predicted molar refractivity (Wildman–Crippen MR) is 85.5 cm³/mol. The number of carbonyl (C=O) groups excluding carboxylic acids is 1. The lowest BCUT2D eigenvalue weighted by molar-refractivity contribution is 0.0601. The van der Waals surface area contributed by atoms with Crippen LogP contribution in [0.25, 0.3) is 0 Å². The number of aromatic nitrogens is 2. The average Bonchev–Trinajstić information content (AvgIpc) is 2.72. The SMILES string of the molecule is COC(=O)c1ccccc1N(C)Cc1c(Br)c(C)nn1C. The summed E-state index contributed by atoms with van der Waals surface area (Å²) in [5.74, 6) is -0.335. The standard InChI is InChI=1S/C15H18BrN3O2/c1-10-14(16)13(19(3)17-10)9-18(2)12-8-6-5-7-11(12)15(20)21-4/h5-8H,9H2,1-4H3. The number of anilines is 1. The molecule has 0 aliphatic rings. The zero-order chi connectivity index (χ0) is 15.6. The van der Waals surface area contributed by atoms with Crippen molar-refractivity contribution in [2.75, 3.05) is 19.1 Å². The first kappa shape index (κ1) is 15.6. The Kier molecular flexibility index (Phi) is 4.67. The maximum Gasteiger partial charge on any atom is 0.339 e. The van der Waals surface area contributed by atoms with E-state index in [-0.39, 0.29) is 5.97 Å². The Morgan fingerprint density at radius 2 is 2.10 bits per heavy atom. The van der Waals surface area contributed by atoms with Crippen LogP contribution in [0.1, 0.15) is 21.7 Å². The van der Waals surface area contributed by atoms with Gasteiger partial charge in [0, 0.05) is 14.1 Å². The lowest BCUT2D eigenvalue weighted by atomic mass is 10.1. The highest BCUT2D eigenvalue weighted by Gasteiger charge is 2.17. The molecule has 0 saturated heterocycles. The molecule has 0 radical (unpaired) electrons. The van der Waals surface area contributed by atoms with Crippen molar-refractivity contribution < 1.29 is 9.53 Å². The number of nitrogens with zero attached hydrogens (tertiary/aromatic N) is 3. The number of rotatable bonds is 4. The summed E-state index contributed by atoms with van der Waals surface area (Å²) in [7, 11) is 5.24. The summed E-state index contributed by atoms with van der Waals surface area (Å²) in [6, 6.07) is 7.40. The average molecular weight is 352 g/mol. The molecule has 0 atom stereocenters. The van der Waals surface area contributed by atoms with Crippen LogP contribution in [0.4, 0.5) is 5.69 Å². The molecule has 0 aliphatic heterocycles. The van der Waals surface area contributed by atoms with Crippen molar-refractivity contribution in [1.82, 2.24) is 9.78 Å². The molecule has 1 aromatic carbocycles. The molecule has 0 spiro atoms. The van der Waals surface area contributed by atoms with Gasteiger partial charge in [-0.3, -0.25) is 4.68 Å². The Bertz CT molecular complexity index is 667. The number of benzene rings is 1. The number of halogens is 1. The summed E-state index contributed by atoms with van der Waals surface area (Å²) in [5, 5.41) is 4.38. The molecular formula is C15H18BrN3O2. The van der Waals surface area contributed by atoms with Crippen molar-refractivity contribution in [2.45, 2.75) is 13.5 Å². The van der Waals surface area contributed by atoms with Crippen LogP contribution in [0.15, 0.2) is 28.7 Å². The van der Waals surface area contributed by atoms with E-state index in [2.05, 4.69) is 21.0 Å². The molecule has 0 N–H and O–H groups in total. The van der Waals surface area contributed by atoms with Crippen molar-refractivity contribution in [3.05, 3.63) is 45.7 Å². The number of ether oxygens (including phenoxy) is 1. The van der Waals surface area contributed by atoms with E-state index in [1.54, 1.807) is 6.07 Å². The van der Waals surface area contributed by atoms with Crippen LogP contribution in [0.2, 0.25) is 0 Å². The number of para-hydroxylation sites is 1. The first-order valence-electron chi connectivity index (χ1n) is 6.52. The van der Waals surface area contributed by atoms with Crippen molar-refractivity contribution in [3.63, 3.8) is 0 Å². The highest BCUT2D eigenvalue weighted by Crippen LogP contribution is 2.26. The zero-order valence-corrected chi connectivity index (χ0v) is 14.1. The molecule has 21 heavy (non-hydrogen) atoms. The first-order chi connectivity index (χ1) is 9.95. The summed E-state index contributed by atoms with van der Waals surface area (Å²) >= 11 is 3.56. The summed E-state index contributed by atoms with van der Waals surface area (Å²) < 4.78 is 7.67. The molecular weight excluding hydrogens is 334 g/mol. The van der Waals surface area contributed by atoms with Crippen molar-refractivity contribution in [1.29, 1.82) is 0 Å². The fourth-order valence-electron chi connectivity index (χ4n) is 2.25. The van der Waals surface area contributed by atoms with E-state index >= 15 is 0 Å². The smallest absolute Gasteiger partial charge is 0.339 e. The van der Waals surface area contributed by atoms with Gasteiger partial charge in [-0.25, -0.2) is 4.79 Å². The molecule has 0 saturated carbocycles. The number of methoxy groups -OCH3 is 1. The van der Waals surface area contributed by atoms with Crippen LogP contribution in [-0.2, 0) is 18.3 Å². The normalized spacial score (nSPS) is 10.5. The Morgan fingerprint density at radius 3 is 2.67 bits per heavy atom. The molecule has 2 rings (SSSR count). The van der Waals surface area contributed by atoms with Gasteiger partial charge < -0.3 is 9.64 Å². The predicted octanol–water partition coefficient (Wildman–Crippen LogP) is 2.91. The third kappa shape index (κ3) is 3.10. The van der Waals surface area contributed by atoms with Crippen molar-refractivity contribution in [2.24, 2.45) is 7.05 Å². The highest BCUT2D eigenvalue weighted by molar-refractivity contribution is 9.10. The van der Waals surface area contributed by atoms with Gasteiger partial charge in [0.2, 0.25) is 0 Å². The largest absolute Gasteiger partial charge is 0.465 e. The number of carbonyl (C=O) groups is 1. The first-order valence-corrected chi connectivity index (χ1v) is 7.31. The molecule has 6 heteroatoms. The topological polar surface area (TPSA) is 47.4 Å². The highest BCUT2D eigenvalue weighted by atomic mass is 79.9. The second-order valence-electron chi connectivity index (χ2n) is 4.83. The van der Waals surface area contributed by atoms with E-state index in [0.29, 0.717) is 12.1 Å². The van der Waals surface area contributed by atoms with Gasteiger partial charge >= 0.3 is 5.97 Å². The van der Waals surface area contributed by atoms with Crippen LogP contribution in [-0.4, -0.2) is 29.9 Å². The van der Waals surface area contributed by atoms with Crippen molar-refractivity contribution in [3.8, 4) is 0 Å². The van der Waals surface area contributed by atoms with E-state index in [9.17, 15) is 4.79 Å². The second kappa shape index (κ2) is 6.30. The van der Waals surface area contributed by atoms with E-state index < -0.39 is 0 Å². The minimum atomic E-state index is -0.335. The summed E-state index contributed by atoms with van der Waals surface area (Å²) in [5.41, 5.74) is 3.38. The fourth-order valence-corrected chi connectivity index (χ4v) is 2.71. The summed E-state index contributed by atoms with van der Waals surface area (Å²) in [4.78, 5) is 13.9. The van der Waals surface area contributed by atoms with Gasteiger partial charge in [-0.2, -0.15) is 5.10 Å². The van der Waals surface area contributed by atoms with Gasteiger partial charge in [-0.15, -0.1) is 0 Å². The minimum Gasteiger partial charge on any atom is -0.465 e. The van der Waals surface area contributed by atoms with Gasteiger partial charge in [0.05, 0.1) is 40.8 Å². The van der Waals surface area contributed by atoms with Gasteiger partial charge in [0.25, 0.3) is 0 Å². The van der Waals surface area contributed by atoms with Crippen molar-refractivity contribution >= 4 is 27.6 Å². The monoisotopic (exact) mass is 351 g/mol. The van der Waals surface area contributed by atoms with Gasteiger partial charge in [-0.1, -0.05) is 12.1 Å². The molecule has 5 nitrogen and oxygen atoms in total. The number of aryl methyl sites for hydroxylation is 2. The number of hydrogen-bond acceptors (Lipinski definition) is 4. The summed E-state index contributed by atoms with van der Waals surface area (Å²) in [6.07, 6.45) is 0. The lowest BCUT2D eigenvalue weighted by Gasteiger charge is -2.22. The molecule has 1 aromatic heterocycles. The molecule has 0 amide bonds. The second-order valence-corrected chi connectivity index (χ2v) is 5.63. The maximum absolute atomic E-state index is 11.9. The Morgan fingerprint density at radius 1 is 1.43 bits per heavy atom. The van der Waals surface area contributed by atoms with E-state index in [1.807, 2.05) is 48.8 Å². The van der Waals surface area contributed by atoms with Crippen LogP contribution in [0, 0.1) is 6.92 Å². The number of hydrogen-bond donors (Lipinski definition) is 0. The molecule has 0 bridgehead atoms. The van der Waals surface area contributed by atoms with Crippen LogP contribution in [0.5, 0.6) is 0 Å². The molecule has 1 heterocycles. The minimum absolute atomic E-state index is 0.335. The Balaban J connectivity index is 2.33. The summed E-state index contributed by atoms with van der Waals surface area (Å²) in [6.45, 7) is 2.59. The van der Waals surface area contributed by atoms with Gasteiger partial charge in [0.15, 0.2) is 0 Å². The molecule has 0 unspecified atom stereocenters. The van der Waals surface area contributed by atoms with Crippen LogP contribution >= 0.6 is 15.9 Å². The van der Waals surface area contributed by atoms with E-state index in [0.717, 1.165) is 21.5 Å².